The average Bonchev–Trinajstić information content (AvgIpc) is 2.79. The number of carbonyl (C=O) groups excluding carboxylic acids is 1. The number of carbonyl (C=O) groups is 1. The molecular formula is C12H15Cl2N5OS. The fourth-order valence-corrected chi connectivity index (χ4v) is 2.54. The quantitative estimate of drug-likeness (QED) is 0.866. The molecule has 0 aliphatic carbocycles. The molecule has 2 aromatic rings. The van der Waals surface area contributed by atoms with E-state index in [0.29, 0.717) is 17.3 Å². The summed E-state index contributed by atoms with van der Waals surface area (Å²) in [6.45, 7) is 0.319. The monoisotopic (exact) mass is 347 g/mol. The van der Waals surface area contributed by atoms with Crippen molar-refractivity contribution < 1.29 is 4.79 Å². The number of hydrogen-bond acceptors (Lipinski definition) is 5. The second-order valence-electron chi connectivity index (χ2n) is 4.06. The van der Waals surface area contributed by atoms with Crippen LogP contribution in [0, 0.1) is 0 Å². The Bertz CT molecular complexity index is 619. The zero-order chi connectivity index (χ0) is 14.5. The van der Waals surface area contributed by atoms with Gasteiger partial charge in [0.15, 0.2) is 5.16 Å². The summed E-state index contributed by atoms with van der Waals surface area (Å²) in [5.74, 6) is -0.128. The number of hydrogen-bond donors (Lipinski definition) is 2. The minimum absolute atomic E-state index is 0. The number of aromatic nitrogens is 3. The largest absolute Gasteiger partial charge is 0.330 e. The lowest BCUT2D eigenvalue weighted by molar-refractivity contribution is -0.116. The molecule has 0 atom stereocenters. The normalized spacial score (nSPS) is 10.0. The number of nitrogens with zero attached hydrogens (tertiary/aromatic N) is 3. The van der Waals surface area contributed by atoms with Crippen molar-refractivity contribution >= 4 is 47.4 Å². The summed E-state index contributed by atoms with van der Waals surface area (Å²) in [5.41, 5.74) is 5.97. The summed E-state index contributed by atoms with van der Waals surface area (Å²) in [5, 5.41) is 11.8. The SMILES string of the molecule is Cl.Cn1cnnc1Sc1ccc(NC(=O)CCN)cc1Cl. The minimum Gasteiger partial charge on any atom is -0.330 e. The Morgan fingerprint density at radius 1 is 1.52 bits per heavy atom. The molecular weight excluding hydrogens is 333 g/mol. The highest BCUT2D eigenvalue weighted by atomic mass is 35.5. The highest BCUT2D eigenvalue weighted by molar-refractivity contribution is 7.99. The molecule has 0 aliphatic heterocycles. The van der Waals surface area contributed by atoms with Gasteiger partial charge >= 0.3 is 0 Å². The van der Waals surface area contributed by atoms with Gasteiger partial charge in [-0.1, -0.05) is 11.6 Å². The van der Waals surface area contributed by atoms with Crippen molar-refractivity contribution in [1.29, 1.82) is 0 Å². The maximum Gasteiger partial charge on any atom is 0.225 e. The molecule has 6 nitrogen and oxygen atoms in total. The Morgan fingerprint density at radius 2 is 2.29 bits per heavy atom. The van der Waals surface area contributed by atoms with Crippen LogP contribution in [-0.4, -0.2) is 27.2 Å². The molecule has 0 aliphatic rings. The van der Waals surface area contributed by atoms with E-state index in [2.05, 4.69) is 15.5 Å². The van der Waals surface area contributed by atoms with E-state index in [-0.39, 0.29) is 24.7 Å². The van der Waals surface area contributed by atoms with Gasteiger partial charge in [0.2, 0.25) is 5.91 Å². The van der Waals surface area contributed by atoms with Crippen LogP contribution in [0.1, 0.15) is 6.42 Å². The predicted molar refractivity (Wildman–Crippen MR) is 86.1 cm³/mol. The van der Waals surface area contributed by atoms with Crippen LogP contribution in [0.3, 0.4) is 0 Å². The van der Waals surface area contributed by atoms with Gasteiger partial charge in [-0.25, -0.2) is 0 Å². The molecule has 0 saturated heterocycles. The van der Waals surface area contributed by atoms with Crippen LogP contribution < -0.4 is 11.1 Å². The van der Waals surface area contributed by atoms with Gasteiger partial charge in [0, 0.05) is 30.6 Å². The number of benzene rings is 1. The third-order valence-corrected chi connectivity index (χ3v) is 4.01. The molecule has 0 radical (unpaired) electrons. The van der Waals surface area contributed by atoms with Gasteiger partial charge in [-0.05, 0) is 30.0 Å². The molecule has 0 bridgehead atoms. The number of rotatable bonds is 5. The fraction of sp³-hybridized carbons (Fsp3) is 0.250. The van der Waals surface area contributed by atoms with Crippen LogP contribution in [0.4, 0.5) is 5.69 Å². The summed E-state index contributed by atoms with van der Waals surface area (Å²) in [6, 6.07) is 5.33. The molecule has 3 N–H and O–H groups in total. The van der Waals surface area contributed by atoms with Crippen LogP contribution in [0.25, 0.3) is 0 Å². The topological polar surface area (TPSA) is 85.8 Å². The Kier molecular flexibility index (Phi) is 6.97. The number of halogens is 2. The Hall–Kier alpha value is -1.28. The van der Waals surface area contributed by atoms with E-state index in [0.717, 1.165) is 10.1 Å². The zero-order valence-corrected chi connectivity index (χ0v) is 13.6. The third-order valence-electron chi connectivity index (χ3n) is 2.46. The first kappa shape index (κ1) is 17.8. The van der Waals surface area contributed by atoms with E-state index in [1.54, 1.807) is 23.0 Å². The van der Waals surface area contributed by atoms with E-state index >= 15 is 0 Å². The molecule has 1 heterocycles. The molecule has 21 heavy (non-hydrogen) atoms. The highest BCUT2D eigenvalue weighted by Gasteiger charge is 2.09. The summed E-state index contributed by atoms with van der Waals surface area (Å²) >= 11 is 7.61. The first-order valence-electron chi connectivity index (χ1n) is 5.91. The molecule has 1 amide bonds. The number of aryl methyl sites for hydroxylation is 1. The van der Waals surface area contributed by atoms with E-state index < -0.39 is 0 Å². The van der Waals surface area contributed by atoms with Crippen molar-refractivity contribution in [1.82, 2.24) is 14.8 Å². The smallest absolute Gasteiger partial charge is 0.225 e. The summed E-state index contributed by atoms with van der Waals surface area (Å²) in [6.07, 6.45) is 1.91. The maximum absolute atomic E-state index is 11.4. The van der Waals surface area contributed by atoms with Gasteiger partial charge in [0.05, 0.1) is 5.02 Å². The lowest BCUT2D eigenvalue weighted by atomic mass is 10.3. The Balaban J connectivity index is 0.00000220. The summed E-state index contributed by atoms with van der Waals surface area (Å²) in [7, 11) is 1.86. The highest BCUT2D eigenvalue weighted by Crippen LogP contribution is 2.33. The van der Waals surface area contributed by atoms with E-state index in [1.807, 2.05) is 13.1 Å². The van der Waals surface area contributed by atoms with Gasteiger partial charge < -0.3 is 15.6 Å². The summed E-state index contributed by atoms with van der Waals surface area (Å²) < 4.78 is 1.80. The van der Waals surface area contributed by atoms with Crippen molar-refractivity contribution in [3.63, 3.8) is 0 Å². The number of amides is 1. The standard InChI is InChI=1S/C12H14ClN5OS.ClH/c1-18-7-15-17-12(18)20-10-3-2-8(6-9(10)13)16-11(19)4-5-14;/h2-3,6-7H,4-5,14H2,1H3,(H,16,19);1H. The van der Waals surface area contributed by atoms with Crippen LogP contribution in [0.2, 0.25) is 5.02 Å². The zero-order valence-electron chi connectivity index (χ0n) is 11.2. The number of nitrogens with one attached hydrogen (secondary N) is 1. The van der Waals surface area contributed by atoms with Crippen molar-refractivity contribution in [2.75, 3.05) is 11.9 Å². The van der Waals surface area contributed by atoms with Gasteiger partial charge in [0.25, 0.3) is 0 Å². The third kappa shape index (κ3) is 4.89. The number of anilines is 1. The van der Waals surface area contributed by atoms with E-state index in [1.165, 1.54) is 11.8 Å². The van der Waals surface area contributed by atoms with Crippen molar-refractivity contribution in [3.05, 3.63) is 29.5 Å². The van der Waals surface area contributed by atoms with Gasteiger partial charge in [-0.15, -0.1) is 22.6 Å². The van der Waals surface area contributed by atoms with Crippen molar-refractivity contribution in [2.45, 2.75) is 16.5 Å². The first-order chi connectivity index (χ1) is 9.60. The van der Waals surface area contributed by atoms with Crippen LogP contribution in [0.15, 0.2) is 34.6 Å². The van der Waals surface area contributed by atoms with E-state index in [4.69, 9.17) is 17.3 Å². The predicted octanol–water partition coefficient (Wildman–Crippen LogP) is 2.33. The molecule has 1 aromatic carbocycles. The van der Waals surface area contributed by atoms with Gasteiger partial charge in [0.1, 0.15) is 6.33 Å². The molecule has 2 rings (SSSR count). The molecule has 0 fully saturated rings. The summed E-state index contributed by atoms with van der Waals surface area (Å²) in [4.78, 5) is 12.3. The Labute approximate surface area is 137 Å². The van der Waals surface area contributed by atoms with E-state index in [9.17, 15) is 4.79 Å². The molecule has 9 heteroatoms. The molecule has 0 saturated carbocycles. The number of nitrogens with two attached hydrogens (primary N) is 1. The molecule has 0 spiro atoms. The maximum atomic E-state index is 11.4. The first-order valence-corrected chi connectivity index (χ1v) is 7.11. The second-order valence-corrected chi connectivity index (χ2v) is 5.47. The van der Waals surface area contributed by atoms with Crippen LogP contribution >= 0.6 is 35.8 Å². The van der Waals surface area contributed by atoms with Gasteiger partial charge in [-0.3, -0.25) is 4.79 Å². The van der Waals surface area contributed by atoms with Crippen LogP contribution in [-0.2, 0) is 11.8 Å². The van der Waals surface area contributed by atoms with Crippen molar-refractivity contribution in [3.8, 4) is 0 Å². The second kappa shape index (κ2) is 8.23. The van der Waals surface area contributed by atoms with Crippen LogP contribution in [0.5, 0.6) is 0 Å². The Morgan fingerprint density at radius 3 is 2.86 bits per heavy atom. The lowest BCUT2D eigenvalue weighted by Gasteiger charge is -2.08. The molecule has 1 aromatic heterocycles. The minimum atomic E-state index is -0.128. The van der Waals surface area contributed by atoms with Crippen molar-refractivity contribution in [2.24, 2.45) is 12.8 Å². The molecule has 0 unspecified atom stereocenters. The molecule has 114 valence electrons. The fourth-order valence-electron chi connectivity index (χ4n) is 1.48. The lowest BCUT2D eigenvalue weighted by Crippen LogP contribution is -2.16. The average molecular weight is 348 g/mol. The van der Waals surface area contributed by atoms with Gasteiger partial charge in [-0.2, -0.15) is 0 Å².